The highest BCUT2D eigenvalue weighted by atomic mass is 79.9. The molecule has 0 aliphatic carbocycles. The molecule has 0 unspecified atom stereocenters. The molecule has 6 nitrogen and oxygen atoms in total. The maximum absolute atomic E-state index is 11.7. The normalized spacial score (nSPS) is 11.5. The van der Waals surface area contributed by atoms with Crippen molar-refractivity contribution in [1.29, 1.82) is 0 Å². The summed E-state index contributed by atoms with van der Waals surface area (Å²) in [6, 6.07) is 3.42. The first-order valence-corrected chi connectivity index (χ1v) is 7.45. The minimum Gasteiger partial charge on any atom is -0.397 e. The molecule has 0 aliphatic heterocycles. The van der Waals surface area contributed by atoms with E-state index >= 15 is 0 Å². The van der Waals surface area contributed by atoms with E-state index in [-0.39, 0.29) is 6.54 Å². The van der Waals surface area contributed by atoms with Crippen molar-refractivity contribution in [1.82, 2.24) is 4.72 Å². The van der Waals surface area contributed by atoms with E-state index in [1.807, 2.05) is 0 Å². The van der Waals surface area contributed by atoms with Gasteiger partial charge in [-0.15, -0.1) is 0 Å². The summed E-state index contributed by atoms with van der Waals surface area (Å²) in [7, 11) is -2.14. The van der Waals surface area contributed by atoms with Gasteiger partial charge in [0.25, 0.3) is 10.2 Å². The molecule has 0 aliphatic rings. The number of ether oxygens (including phenoxy) is 1. The van der Waals surface area contributed by atoms with Crippen LogP contribution in [0.2, 0.25) is 0 Å². The Balaban J connectivity index is 2.84. The standard InChI is InChI=1S/C10H16BrN3O3S/c1-7-5-8(11)6-9(12)10(7)14-18(15,16)13-3-4-17-2/h5-6,13-14H,3-4,12H2,1-2H3. The summed E-state index contributed by atoms with van der Waals surface area (Å²) in [5.41, 5.74) is 7.25. The maximum atomic E-state index is 11.7. The molecule has 0 aromatic heterocycles. The van der Waals surface area contributed by atoms with Crippen molar-refractivity contribution in [2.24, 2.45) is 0 Å². The first kappa shape index (κ1) is 15.2. The number of rotatable bonds is 6. The zero-order valence-corrected chi connectivity index (χ0v) is 12.6. The Morgan fingerprint density at radius 2 is 2.11 bits per heavy atom. The molecular formula is C10H16BrN3O3S. The van der Waals surface area contributed by atoms with E-state index in [0.717, 1.165) is 10.0 Å². The number of nitrogen functional groups attached to an aromatic ring is 1. The van der Waals surface area contributed by atoms with Gasteiger partial charge in [0.2, 0.25) is 0 Å². The Labute approximate surface area is 115 Å². The topological polar surface area (TPSA) is 93.4 Å². The van der Waals surface area contributed by atoms with Crippen LogP contribution in [0.1, 0.15) is 5.56 Å². The van der Waals surface area contributed by atoms with Crippen molar-refractivity contribution in [2.45, 2.75) is 6.92 Å². The highest BCUT2D eigenvalue weighted by Gasteiger charge is 2.13. The fraction of sp³-hybridized carbons (Fsp3) is 0.400. The van der Waals surface area contributed by atoms with Crippen LogP contribution >= 0.6 is 15.9 Å². The van der Waals surface area contributed by atoms with Crippen molar-refractivity contribution in [3.05, 3.63) is 22.2 Å². The van der Waals surface area contributed by atoms with Crippen molar-refractivity contribution < 1.29 is 13.2 Å². The van der Waals surface area contributed by atoms with Crippen molar-refractivity contribution >= 4 is 37.5 Å². The minimum atomic E-state index is -3.64. The summed E-state index contributed by atoms with van der Waals surface area (Å²) in [6.07, 6.45) is 0. The van der Waals surface area contributed by atoms with Crippen LogP contribution in [0.25, 0.3) is 0 Å². The third-order valence-corrected chi connectivity index (χ3v) is 3.68. The van der Waals surface area contributed by atoms with Crippen molar-refractivity contribution in [3.63, 3.8) is 0 Å². The second kappa shape index (κ2) is 6.37. The predicted octanol–water partition coefficient (Wildman–Crippen LogP) is 1.23. The number of nitrogens with one attached hydrogen (secondary N) is 2. The molecule has 0 saturated carbocycles. The second-order valence-electron chi connectivity index (χ2n) is 3.68. The lowest BCUT2D eigenvalue weighted by molar-refractivity contribution is 0.204. The lowest BCUT2D eigenvalue weighted by Crippen LogP contribution is -2.33. The van der Waals surface area contributed by atoms with Crippen LogP contribution in [0, 0.1) is 6.92 Å². The molecule has 0 amide bonds. The lowest BCUT2D eigenvalue weighted by Gasteiger charge is -2.14. The number of methoxy groups -OCH3 is 1. The molecule has 0 spiro atoms. The monoisotopic (exact) mass is 337 g/mol. The number of aryl methyl sites for hydroxylation is 1. The first-order chi connectivity index (χ1) is 8.35. The molecule has 102 valence electrons. The third-order valence-electron chi connectivity index (χ3n) is 2.17. The average Bonchev–Trinajstić information content (AvgIpc) is 2.23. The van der Waals surface area contributed by atoms with Crippen LogP contribution < -0.4 is 15.2 Å². The number of hydrogen-bond acceptors (Lipinski definition) is 4. The van der Waals surface area contributed by atoms with Gasteiger partial charge in [0.15, 0.2) is 0 Å². The van der Waals surface area contributed by atoms with Gasteiger partial charge in [0.1, 0.15) is 0 Å². The van der Waals surface area contributed by atoms with Crippen LogP contribution in [-0.2, 0) is 14.9 Å². The van der Waals surface area contributed by atoms with Crippen molar-refractivity contribution in [2.75, 3.05) is 30.7 Å². The fourth-order valence-electron chi connectivity index (χ4n) is 1.36. The lowest BCUT2D eigenvalue weighted by atomic mass is 10.2. The zero-order chi connectivity index (χ0) is 13.8. The first-order valence-electron chi connectivity index (χ1n) is 5.17. The van der Waals surface area contributed by atoms with Gasteiger partial charge < -0.3 is 10.5 Å². The van der Waals surface area contributed by atoms with Crippen LogP contribution in [0.4, 0.5) is 11.4 Å². The van der Waals surface area contributed by atoms with Crippen LogP contribution in [-0.4, -0.2) is 28.7 Å². The van der Waals surface area contributed by atoms with Gasteiger partial charge in [-0.25, -0.2) is 0 Å². The van der Waals surface area contributed by atoms with Gasteiger partial charge in [0.05, 0.1) is 18.0 Å². The molecule has 0 radical (unpaired) electrons. The van der Waals surface area contributed by atoms with E-state index in [0.29, 0.717) is 18.0 Å². The van der Waals surface area contributed by atoms with Gasteiger partial charge in [0, 0.05) is 18.1 Å². The molecule has 0 atom stereocenters. The minimum absolute atomic E-state index is 0.196. The maximum Gasteiger partial charge on any atom is 0.299 e. The molecule has 4 N–H and O–H groups in total. The van der Waals surface area contributed by atoms with Crippen molar-refractivity contribution in [3.8, 4) is 0 Å². The molecule has 1 rings (SSSR count). The van der Waals surface area contributed by atoms with E-state index in [1.165, 1.54) is 7.11 Å². The van der Waals surface area contributed by atoms with Crippen LogP contribution in [0.3, 0.4) is 0 Å². The Morgan fingerprint density at radius 1 is 1.44 bits per heavy atom. The summed E-state index contributed by atoms with van der Waals surface area (Å²) in [6.45, 7) is 2.27. The van der Waals surface area contributed by atoms with Gasteiger partial charge in [-0.3, -0.25) is 4.72 Å². The molecule has 0 fully saturated rings. The Bertz CT molecular complexity index is 496. The average molecular weight is 338 g/mol. The highest BCUT2D eigenvalue weighted by Crippen LogP contribution is 2.28. The Morgan fingerprint density at radius 3 is 2.67 bits per heavy atom. The summed E-state index contributed by atoms with van der Waals surface area (Å²) in [4.78, 5) is 0. The van der Waals surface area contributed by atoms with Gasteiger partial charge in [-0.1, -0.05) is 15.9 Å². The van der Waals surface area contributed by atoms with E-state index in [1.54, 1.807) is 19.1 Å². The smallest absolute Gasteiger partial charge is 0.299 e. The summed E-state index contributed by atoms with van der Waals surface area (Å²) < 4.78 is 33.7. The third kappa shape index (κ3) is 4.45. The van der Waals surface area contributed by atoms with Gasteiger partial charge >= 0.3 is 0 Å². The molecule has 18 heavy (non-hydrogen) atoms. The molecule has 0 saturated heterocycles. The summed E-state index contributed by atoms with van der Waals surface area (Å²) in [5, 5.41) is 0. The zero-order valence-electron chi connectivity index (χ0n) is 10.2. The summed E-state index contributed by atoms with van der Waals surface area (Å²) >= 11 is 3.29. The molecule has 8 heteroatoms. The number of hydrogen-bond donors (Lipinski definition) is 3. The molecule has 1 aromatic carbocycles. The largest absolute Gasteiger partial charge is 0.397 e. The number of halogens is 1. The number of benzene rings is 1. The van der Waals surface area contributed by atoms with E-state index in [2.05, 4.69) is 25.4 Å². The van der Waals surface area contributed by atoms with Crippen LogP contribution in [0.5, 0.6) is 0 Å². The van der Waals surface area contributed by atoms with Gasteiger partial charge in [-0.2, -0.15) is 13.1 Å². The molecular weight excluding hydrogens is 322 g/mol. The highest BCUT2D eigenvalue weighted by molar-refractivity contribution is 9.10. The molecule has 0 bridgehead atoms. The quantitative estimate of drug-likeness (QED) is 0.537. The SMILES string of the molecule is COCCNS(=O)(=O)Nc1c(C)cc(Br)cc1N. The Hall–Kier alpha value is -0.830. The van der Waals surface area contributed by atoms with E-state index in [4.69, 9.17) is 10.5 Å². The fourth-order valence-corrected chi connectivity index (χ4v) is 2.92. The number of nitrogens with two attached hydrogens (primary N) is 1. The van der Waals surface area contributed by atoms with E-state index < -0.39 is 10.2 Å². The molecule has 1 aromatic rings. The predicted molar refractivity (Wildman–Crippen MR) is 75.7 cm³/mol. The van der Waals surface area contributed by atoms with Gasteiger partial charge in [-0.05, 0) is 24.6 Å². The number of anilines is 2. The summed E-state index contributed by atoms with van der Waals surface area (Å²) in [5.74, 6) is 0. The second-order valence-corrected chi connectivity index (χ2v) is 6.09. The molecule has 0 heterocycles. The Kier molecular flexibility index (Phi) is 5.39. The van der Waals surface area contributed by atoms with E-state index in [9.17, 15) is 8.42 Å². The van der Waals surface area contributed by atoms with Crippen LogP contribution in [0.15, 0.2) is 16.6 Å².